The van der Waals surface area contributed by atoms with Crippen LogP contribution in [0.15, 0.2) is 0 Å². The van der Waals surface area contributed by atoms with Gasteiger partial charge in [0.2, 0.25) is 0 Å². The van der Waals surface area contributed by atoms with Gasteiger partial charge in [0.1, 0.15) is 0 Å². The summed E-state index contributed by atoms with van der Waals surface area (Å²) in [7, 11) is 1.20. The standard InChI is InChI=1S/C14H29N3O2S/c1-16(2)12-6-9-17(10-7-12)14(11-15)8-4-5-13(14)20(3,18)19/h12-13H,4-11,15H2,1-3H3. The van der Waals surface area contributed by atoms with Crippen LogP contribution in [0.3, 0.4) is 0 Å². The average Bonchev–Trinajstić information content (AvgIpc) is 2.84. The summed E-state index contributed by atoms with van der Waals surface area (Å²) >= 11 is 0. The van der Waals surface area contributed by atoms with Crippen molar-refractivity contribution >= 4 is 9.84 Å². The molecular weight excluding hydrogens is 274 g/mol. The van der Waals surface area contributed by atoms with Gasteiger partial charge >= 0.3 is 0 Å². The van der Waals surface area contributed by atoms with Crippen molar-refractivity contribution in [2.45, 2.75) is 48.9 Å². The molecule has 0 spiro atoms. The van der Waals surface area contributed by atoms with Crippen LogP contribution in [-0.2, 0) is 9.84 Å². The smallest absolute Gasteiger partial charge is 0.152 e. The maximum Gasteiger partial charge on any atom is 0.152 e. The van der Waals surface area contributed by atoms with Crippen LogP contribution >= 0.6 is 0 Å². The lowest BCUT2D eigenvalue weighted by Crippen LogP contribution is -2.63. The summed E-state index contributed by atoms with van der Waals surface area (Å²) in [4.78, 5) is 4.65. The van der Waals surface area contributed by atoms with E-state index in [0.29, 0.717) is 12.6 Å². The molecule has 0 radical (unpaired) electrons. The molecule has 0 bridgehead atoms. The van der Waals surface area contributed by atoms with Crippen LogP contribution < -0.4 is 5.73 Å². The van der Waals surface area contributed by atoms with Gasteiger partial charge in [-0.05, 0) is 39.8 Å². The Kier molecular flexibility index (Phi) is 4.79. The van der Waals surface area contributed by atoms with Gasteiger partial charge in [0, 0.05) is 37.5 Å². The number of hydrogen-bond acceptors (Lipinski definition) is 5. The number of rotatable bonds is 4. The van der Waals surface area contributed by atoms with E-state index in [0.717, 1.165) is 45.2 Å². The molecule has 2 fully saturated rings. The lowest BCUT2D eigenvalue weighted by Gasteiger charge is -2.48. The molecule has 2 atom stereocenters. The number of likely N-dealkylation sites (tertiary alicyclic amines) is 1. The largest absolute Gasteiger partial charge is 0.329 e. The van der Waals surface area contributed by atoms with Crippen molar-refractivity contribution in [3.8, 4) is 0 Å². The summed E-state index contributed by atoms with van der Waals surface area (Å²) in [5, 5.41) is -0.282. The predicted molar refractivity (Wildman–Crippen MR) is 82.6 cm³/mol. The molecule has 1 saturated carbocycles. The van der Waals surface area contributed by atoms with E-state index in [2.05, 4.69) is 23.9 Å². The summed E-state index contributed by atoms with van der Waals surface area (Å²) in [6, 6.07) is 0.610. The van der Waals surface area contributed by atoms with E-state index in [4.69, 9.17) is 5.73 Å². The fourth-order valence-electron chi connectivity index (χ4n) is 4.19. The molecule has 0 aromatic carbocycles. The van der Waals surface area contributed by atoms with Crippen LogP contribution in [0.25, 0.3) is 0 Å². The molecule has 1 aliphatic carbocycles. The van der Waals surface area contributed by atoms with Crippen LogP contribution in [-0.4, -0.2) is 75.0 Å². The Labute approximate surface area is 123 Å². The third-order valence-electron chi connectivity index (χ3n) is 5.37. The van der Waals surface area contributed by atoms with Crippen LogP contribution in [0, 0.1) is 0 Å². The van der Waals surface area contributed by atoms with Gasteiger partial charge in [-0.1, -0.05) is 6.42 Å². The molecule has 20 heavy (non-hydrogen) atoms. The predicted octanol–water partition coefficient (Wildman–Crippen LogP) is 0.307. The Balaban J connectivity index is 2.16. The summed E-state index contributed by atoms with van der Waals surface area (Å²) in [6.07, 6.45) is 6.25. The molecule has 5 nitrogen and oxygen atoms in total. The molecule has 1 heterocycles. The minimum atomic E-state index is -3.03. The van der Waals surface area contributed by atoms with Gasteiger partial charge in [-0.3, -0.25) is 4.90 Å². The first-order chi connectivity index (χ1) is 9.31. The summed E-state index contributed by atoms with van der Waals surface area (Å²) in [5.74, 6) is 0. The highest BCUT2D eigenvalue weighted by Gasteiger charge is 2.51. The van der Waals surface area contributed by atoms with E-state index in [9.17, 15) is 8.42 Å². The molecule has 6 heteroatoms. The van der Waals surface area contributed by atoms with Crippen LogP contribution in [0.2, 0.25) is 0 Å². The molecule has 0 aromatic rings. The van der Waals surface area contributed by atoms with Crippen molar-refractivity contribution < 1.29 is 8.42 Å². The van der Waals surface area contributed by atoms with Crippen molar-refractivity contribution in [3.63, 3.8) is 0 Å². The van der Waals surface area contributed by atoms with Crippen LogP contribution in [0.4, 0.5) is 0 Å². The second kappa shape index (κ2) is 5.91. The molecule has 0 amide bonds. The fourth-order valence-corrected chi connectivity index (χ4v) is 5.94. The van der Waals surface area contributed by atoms with Crippen molar-refractivity contribution in [1.29, 1.82) is 0 Å². The highest BCUT2D eigenvalue weighted by molar-refractivity contribution is 7.91. The zero-order valence-corrected chi connectivity index (χ0v) is 13.8. The first-order valence-corrected chi connectivity index (χ1v) is 9.57. The van der Waals surface area contributed by atoms with E-state index in [1.54, 1.807) is 0 Å². The van der Waals surface area contributed by atoms with E-state index in [1.807, 2.05) is 0 Å². The van der Waals surface area contributed by atoms with Gasteiger partial charge in [-0.25, -0.2) is 8.42 Å². The first kappa shape index (κ1) is 16.2. The minimum absolute atomic E-state index is 0.282. The monoisotopic (exact) mass is 303 g/mol. The maximum absolute atomic E-state index is 12.1. The number of sulfone groups is 1. The lowest BCUT2D eigenvalue weighted by atomic mass is 9.90. The Hall–Kier alpha value is -0.170. The first-order valence-electron chi connectivity index (χ1n) is 7.61. The molecule has 2 N–H and O–H groups in total. The van der Waals surface area contributed by atoms with E-state index >= 15 is 0 Å². The quantitative estimate of drug-likeness (QED) is 0.809. The van der Waals surface area contributed by atoms with E-state index in [-0.39, 0.29) is 10.8 Å². The topological polar surface area (TPSA) is 66.6 Å². The van der Waals surface area contributed by atoms with Gasteiger partial charge in [0.05, 0.1) is 5.25 Å². The summed E-state index contributed by atoms with van der Waals surface area (Å²) < 4.78 is 24.3. The molecule has 1 aliphatic heterocycles. The van der Waals surface area contributed by atoms with Crippen LogP contribution in [0.5, 0.6) is 0 Å². The van der Waals surface area contributed by atoms with Gasteiger partial charge in [-0.2, -0.15) is 0 Å². The molecular formula is C14H29N3O2S. The number of nitrogens with two attached hydrogens (primary N) is 1. The van der Waals surface area contributed by atoms with Gasteiger partial charge in [0.15, 0.2) is 9.84 Å². The van der Waals surface area contributed by atoms with E-state index < -0.39 is 9.84 Å². The van der Waals surface area contributed by atoms with Gasteiger partial charge in [0.25, 0.3) is 0 Å². The summed E-state index contributed by atoms with van der Waals surface area (Å²) in [6.45, 7) is 2.38. The molecule has 1 saturated heterocycles. The van der Waals surface area contributed by atoms with Crippen LogP contribution in [0.1, 0.15) is 32.1 Å². The SMILES string of the molecule is CN(C)C1CCN(C2(CN)CCCC2S(C)(=O)=O)CC1. The highest BCUT2D eigenvalue weighted by atomic mass is 32.2. The number of nitrogens with zero attached hydrogens (tertiary/aromatic N) is 2. The lowest BCUT2D eigenvalue weighted by molar-refractivity contribution is 0.0505. The normalized spacial score (nSPS) is 34.0. The fraction of sp³-hybridized carbons (Fsp3) is 1.00. The molecule has 2 rings (SSSR count). The molecule has 2 aliphatic rings. The third kappa shape index (κ3) is 2.89. The van der Waals surface area contributed by atoms with Crippen molar-refractivity contribution in [3.05, 3.63) is 0 Å². The number of hydrogen-bond donors (Lipinski definition) is 1. The Morgan fingerprint density at radius 3 is 2.30 bits per heavy atom. The maximum atomic E-state index is 12.1. The Bertz CT molecular complexity index is 430. The summed E-state index contributed by atoms with van der Waals surface area (Å²) in [5.41, 5.74) is 5.75. The van der Waals surface area contributed by atoms with Crippen molar-refractivity contribution in [1.82, 2.24) is 9.80 Å². The minimum Gasteiger partial charge on any atom is -0.329 e. The molecule has 0 aromatic heterocycles. The zero-order valence-electron chi connectivity index (χ0n) is 13.0. The van der Waals surface area contributed by atoms with Gasteiger partial charge < -0.3 is 10.6 Å². The average molecular weight is 303 g/mol. The van der Waals surface area contributed by atoms with E-state index in [1.165, 1.54) is 6.26 Å². The second-order valence-electron chi connectivity index (χ2n) is 6.70. The zero-order chi connectivity index (χ0) is 15.0. The Morgan fingerprint density at radius 2 is 1.85 bits per heavy atom. The third-order valence-corrected chi connectivity index (χ3v) is 7.08. The second-order valence-corrected chi connectivity index (χ2v) is 8.93. The molecule has 118 valence electrons. The van der Waals surface area contributed by atoms with Crippen molar-refractivity contribution in [2.24, 2.45) is 5.73 Å². The Morgan fingerprint density at radius 1 is 1.25 bits per heavy atom. The van der Waals surface area contributed by atoms with Gasteiger partial charge in [-0.15, -0.1) is 0 Å². The highest BCUT2D eigenvalue weighted by Crippen LogP contribution is 2.40. The number of piperidine rings is 1. The molecule has 2 unspecified atom stereocenters. The van der Waals surface area contributed by atoms with Crippen molar-refractivity contribution in [2.75, 3.05) is 40.0 Å².